The number of amides is 2. The quantitative estimate of drug-likeness (QED) is 0.628. The molecule has 0 saturated heterocycles. The van der Waals surface area contributed by atoms with Crippen molar-refractivity contribution in [2.45, 2.75) is 11.3 Å². The van der Waals surface area contributed by atoms with Gasteiger partial charge in [-0.15, -0.1) is 0 Å². The Kier molecular flexibility index (Phi) is 5.26. The van der Waals surface area contributed by atoms with Gasteiger partial charge in [0.25, 0.3) is 15.9 Å². The van der Waals surface area contributed by atoms with E-state index in [0.717, 1.165) is 17.7 Å². The Labute approximate surface area is 191 Å². The summed E-state index contributed by atoms with van der Waals surface area (Å²) in [5, 5.41) is 0. The van der Waals surface area contributed by atoms with Gasteiger partial charge in [-0.2, -0.15) is 0 Å². The van der Waals surface area contributed by atoms with Crippen LogP contribution in [0.4, 0.5) is 17.1 Å². The Bertz CT molecular complexity index is 1340. The minimum atomic E-state index is -3.91. The fourth-order valence-electron chi connectivity index (χ4n) is 4.06. The highest BCUT2D eigenvalue weighted by atomic mass is 32.2. The van der Waals surface area contributed by atoms with E-state index in [2.05, 4.69) is 4.72 Å². The summed E-state index contributed by atoms with van der Waals surface area (Å²) in [5.41, 5.74) is 2.59. The molecule has 33 heavy (non-hydrogen) atoms. The van der Waals surface area contributed by atoms with E-state index in [-0.39, 0.29) is 29.6 Å². The predicted molar refractivity (Wildman–Crippen MR) is 124 cm³/mol. The number of nitrogens with zero attached hydrogens (tertiary/aromatic N) is 2. The van der Waals surface area contributed by atoms with Gasteiger partial charge in [-0.25, -0.2) is 8.42 Å². The van der Waals surface area contributed by atoms with Gasteiger partial charge >= 0.3 is 0 Å². The van der Waals surface area contributed by atoms with Crippen LogP contribution in [0, 0.1) is 0 Å². The highest BCUT2D eigenvalue weighted by molar-refractivity contribution is 7.92. The van der Waals surface area contributed by atoms with Crippen molar-refractivity contribution in [1.29, 1.82) is 0 Å². The molecule has 3 aromatic carbocycles. The van der Waals surface area contributed by atoms with Crippen molar-refractivity contribution < 1.29 is 22.7 Å². The van der Waals surface area contributed by atoms with Crippen LogP contribution in [0.1, 0.15) is 5.56 Å². The van der Waals surface area contributed by atoms with Gasteiger partial charge in [-0.1, -0.05) is 36.4 Å². The van der Waals surface area contributed by atoms with Gasteiger partial charge < -0.3 is 9.64 Å². The van der Waals surface area contributed by atoms with Crippen molar-refractivity contribution in [2.75, 3.05) is 34.2 Å². The monoisotopic (exact) mass is 463 g/mol. The highest BCUT2D eigenvalue weighted by Gasteiger charge is 2.32. The second-order valence-corrected chi connectivity index (χ2v) is 9.48. The van der Waals surface area contributed by atoms with Gasteiger partial charge in [0.05, 0.1) is 10.6 Å². The number of nitrogens with one attached hydrogen (secondary N) is 1. The summed E-state index contributed by atoms with van der Waals surface area (Å²) in [6.07, 6.45) is 0.753. The first-order valence-electron chi connectivity index (χ1n) is 10.5. The maximum atomic E-state index is 13.1. The van der Waals surface area contributed by atoms with E-state index in [1.807, 2.05) is 24.3 Å². The molecule has 0 fully saturated rings. The highest BCUT2D eigenvalue weighted by Crippen LogP contribution is 2.35. The molecule has 2 heterocycles. The molecule has 168 valence electrons. The molecular weight excluding hydrogens is 442 g/mol. The standard InChI is InChI=1S/C24H21N3O5S/c28-23(26-13-12-17-6-4-5-9-20(17)26)15-27-21-14-19(10-11-22(21)32-16-24(27)29)33(30,31)25-18-7-2-1-3-8-18/h1-11,14,25H,12-13,15-16H2. The first-order chi connectivity index (χ1) is 15.9. The van der Waals surface area contributed by atoms with Crippen molar-refractivity contribution in [3.8, 4) is 5.75 Å². The van der Waals surface area contributed by atoms with Gasteiger partial charge in [0.15, 0.2) is 6.61 Å². The number of benzene rings is 3. The molecule has 0 aromatic heterocycles. The topological polar surface area (TPSA) is 96.0 Å². The van der Waals surface area contributed by atoms with E-state index in [1.165, 1.54) is 23.1 Å². The number of ether oxygens (including phenoxy) is 1. The zero-order valence-electron chi connectivity index (χ0n) is 17.6. The molecule has 0 spiro atoms. The van der Waals surface area contributed by atoms with E-state index in [9.17, 15) is 18.0 Å². The molecule has 0 unspecified atom stereocenters. The second-order valence-electron chi connectivity index (χ2n) is 7.79. The molecule has 0 saturated carbocycles. The summed E-state index contributed by atoms with van der Waals surface area (Å²) in [6.45, 7) is 0.114. The van der Waals surface area contributed by atoms with Crippen molar-refractivity contribution >= 4 is 38.9 Å². The molecule has 2 aliphatic rings. The zero-order valence-corrected chi connectivity index (χ0v) is 18.4. The van der Waals surface area contributed by atoms with Crippen molar-refractivity contribution in [3.63, 3.8) is 0 Å². The first kappa shape index (κ1) is 21.0. The molecule has 1 N–H and O–H groups in total. The number of hydrogen-bond donors (Lipinski definition) is 1. The van der Waals surface area contributed by atoms with Crippen LogP contribution >= 0.6 is 0 Å². The lowest BCUT2D eigenvalue weighted by Crippen LogP contribution is -2.46. The third-order valence-electron chi connectivity index (χ3n) is 5.69. The van der Waals surface area contributed by atoms with E-state index >= 15 is 0 Å². The third kappa shape index (κ3) is 4.03. The molecule has 0 aliphatic carbocycles. The van der Waals surface area contributed by atoms with E-state index in [4.69, 9.17) is 4.74 Å². The molecule has 2 aliphatic heterocycles. The Hall–Kier alpha value is -3.85. The average molecular weight is 464 g/mol. The zero-order chi connectivity index (χ0) is 23.0. The molecule has 0 radical (unpaired) electrons. The fraction of sp³-hybridized carbons (Fsp3) is 0.167. The fourth-order valence-corrected chi connectivity index (χ4v) is 5.14. The summed E-state index contributed by atoms with van der Waals surface area (Å²) >= 11 is 0. The number of carbonyl (C=O) groups is 2. The molecular formula is C24H21N3O5S. The summed E-state index contributed by atoms with van der Waals surface area (Å²) in [6, 6.07) is 20.5. The normalized spacial score (nSPS) is 15.0. The van der Waals surface area contributed by atoms with Crippen LogP contribution in [0.2, 0.25) is 0 Å². The number of fused-ring (bicyclic) bond motifs is 2. The lowest BCUT2D eigenvalue weighted by atomic mass is 10.2. The molecule has 5 rings (SSSR count). The largest absolute Gasteiger partial charge is 0.482 e. The van der Waals surface area contributed by atoms with Crippen LogP contribution in [0.15, 0.2) is 77.7 Å². The third-order valence-corrected chi connectivity index (χ3v) is 7.07. The Morgan fingerprint density at radius 2 is 1.73 bits per heavy atom. The number of anilines is 3. The van der Waals surface area contributed by atoms with E-state index in [0.29, 0.717) is 18.0 Å². The SMILES string of the molecule is O=C(CN1C(=O)COc2ccc(S(=O)(=O)Nc3ccccc3)cc21)N1CCc2ccccc21. The van der Waals surface area contributed by atoms with Gasteiger partial charge in [0.2, 0.25) is 5.91 Å². The van der Waals surface area contributed by atoms with Gasteiger partial charge in [-0.3, -0.25) is 19.2 Å². The average Bonchev–Trinajstić information content (AvgIpc) is 3.25. The van der Waals surface area contributed by atoms with Crippen molar-refractivity contribution in [1.82, 2.24) is 0 Å². The Morgan fingerprint density at radius 3 is 2.55 bits per heavy atom. The minimum Gasteiger partial charge on any atom is -0.482 e. The Balaban J connectivity index is 1.43. The maximum Gasteiger partial charge on any atom is 0.265 e. The van der Waals surface area contributed by atoms with Crippen LogP contribution in [0.25, 0.3) is 0 Å². The molecule has 2 amide bonds. The Morgan fingerprint density at radius 1 is 0.970 bits per heavy atom. The second kappa shape index (κ2) is 8.25. The van der Waals surface area contributed by atoms with Crippen LogP contribution in [0.5, 0.6) is 5.75 Å². The van der Waals surface area contributed by atoms with Crippen LogP contribution in [0.3, 0.4) is 0 Å². The molecule has 0 atom stereocenters. The summed E-state index contributed by atoms with van der Waals surface area (Å²) in [4.78, 5) is 28.7. The van der Waals surface area contributed by atoms with Gasteiger partial charge in [0.1, 0.15) is 12.3 Å². The molecule has 3 aromatic rings. The summed E-state index contributed by atoms with van der Waals surface area (Å²) < 4.78 is 33.8. The van der Waals surface area contributed by atoms with Gasteiger partial charge in [-0.05, 0) is 48.4 Å². The number of para-hydroxylation sites is 2. The van der Waals surface area contributed by atoms with E-state index in [1.54, 1.807) is 35.2 Å². The minimum absolute atomic E-state index is 0.0348. The number of carbonyl (C=O) groups excluding carboxylic acids is 2. The van der Waals surface area contributed by atoms with Crippen LogP contribution in [-0.2, 0) is 26.0 Å². The van der Waals surface area contributed by atoms with Gasteiger partial charge in [0, 0.05) is 17.9 Å². The number of hydrogen-bond acceptors (Lipinski definition) is 5. The predicted octanol–water partition coefficient (Wildman–Crippen LogP) is 2.80. The lowest BCUT2D eigenvalue weighted by molar-refractivity contribution is -0.124. The lowest BCUT2D eigenvalue weighted by Gasteiger charge is -2.30. The molecule has 9 heteroatoms. The first-order valence-corrected chi connectivity index (χ1v) is 11.9. The van der Waals surface area contributed by atoms with Crippen LogP contribution in [-0.4, -0.2) is 39.9 Å². The maximum absolute atomic E-state index is 13.1. The van der Waals surface area contributed by atoms with Crippen molar-refractivity contribution in [3.05, 3.63) is 78.4 Å². The smallest absolute Gasteiger partial charge is 0.265 e. The summed E-state index contributed by atoms with van der Waals surface area (Å²) in [7, 11) is -3.91. The number of sulfonamides is 1. The molecule has 0 bridgehead atoms. The van der Waals surface area contributed by atoms with Crippen molar-refractivity contribution in [2.24, 2.45) is 0 Å². The van der Waals surface area contributed by atoms with Crippen LogP contribution < -0.4 is 19.3 Å². The summed E-state index contributed by atoms with van der Waals surface area (Å²) in [5.74, 6) is -0.298. The number of rotatable bonds is 5. The van der Waals surface area contributed by atoms with E-state index < -0.39 is 15.9 Å². The molecule has 8 nitrogen and oxygen atoms in total.